The number of aromatic amines is 1. The Bertz CT molecular complexity index is 1040. The fourth-order valence-electron chi connectivity index (χ4n) is 3.14. The fraction of sp³-hybridized carbons (Fsp3) is 0.304. The minimum Gasteiger partial charge on any atom is -0.494 e. The van der Waals surface area contributed by atoms with Gasteiger partial charge in [0.25, 0.3) is 5.56 Å². The van der Waals surface area contributed by atoms with Crippen molar-refractivity contribution in [1.82, 2.24) is 4.98 Å². The SMILES string of the molecule is CCOc1ccc(N(Cc2cc3ccc(C)cc3[nH]c2=O)C(=O)C(C)C)cc1. The van der Waals surface area contributed by atoms with Gasteiger partial charge in [0.15, 0.2) is 0 Å². The number of carbonyl (C=O) groups excluding carboxylic acids is 1. The van der Waals surface area contributed by atoms with E-state index in [1.54, 1.807) is 4.90 Å². The van der Waals surface area contributed by atoms with E-state index < -0.39 is 0 Å². The molecule has 0 fully saturated rings. The topological polar surface area (TPSA) is 62.4 Å². The molecule has 0 saturated heterocycles. The van der Waals surface area contributed by atoms with Crippen LogP contribution in [0.1, 0.15) is 31.9 Å². The molecule has 0 atom stereocenters. The van der Waals surface area contributed by atoms with Crippen LogP contribution in [0.2, 0.25) is 0 Å². The number of nitrogens with zero attached hydrogens (tertiary/aromatic N) is 1. The maximum absolute atomic E-state index is 12.9. The predicted octanol–water partition coefficient (Wildman–Crippen LogP) is 4.42. The summed E-state index contributed by atoms with van der Waals surface area (Å²) in [6.07, 6.45) is 0. The first-order chi connectivity index (χ1) is 13.4. The lowest BCUT2D eigenvalue weighted by Gasteiger charge is -2.25. The van der Waals surface area contributed by atoms with Crippen LogP contribution in [-0.2, 0) is 11.3 Å². The van der Waals surface area contributed by atoms with Gasteiger partial charge < -0.3 is 14.6 Å². The van der Waals surface area contributed by atoms with Crippen molar-refractivity contribution in [3.63, 3.8) is 0 Å². The number of anilines is 1. The predicted molar refractivity (Wildman–Crippen MR) is 113 cm³/mol. The quantitative estimate of drug-likeness (QED) is 0.690. The zero-order chi connectivity index (χ0) is 20.3. The second kappa shape index (κ2) is 8.30. The van der Waals surface area contributed by atoms with E-state index in [2.05, 4.69) is 4.98 Å². The summed E-state index contributed by atoms with van der Waals surface area (Å²) in [5.41, 5.74) is 3.01. The lowest BCUT2D eigenvalue weighted by Crippen LogP contribution is -2.35. The van der Waals surface area contributed by atoms with Gasteiger partial charge in [0.2, 0.25) is 5.91 Å². The van der Waals surface area contributed by atoms with E-state index in [9.17, 15) is 9.59 Å². The molecule has 1 heterocycles. The third kappa shape index (κ3) is 4.25. The van der Waals surface area contributed by atoms with Crippen LogP contribution in [-0.4, -0.2) is 17.5 Å². The first-order valence-corrected chi connectivity index (χ1v) is 9.56. The van der Waals surface area contributed by atoms with Crippen LogP contribution in [0, 0.1) is 12.8 Å². The molecule has 146 valence electrons. The van der Waals surface area contributed by atoms with E-state index in [4.69, 9.17) is 4.74 Å². The second-order valence-corrected chi connectivity index (χ2v) is 7.22. The summed E-state index contributed by atoms with van der Waals surface area (Å²) in [5, 5.41) is 0.948. The fourth-order valence-corrected chi connectivity index (χ4v) is 3.14. The molecule has 3 aromatic rings. The third-order valence-corrected chi connectivity index (χ3v) is 4.63. The van der Waals surface area contributed by atoms with E-state index in [0.717, 1.165) is 27.9 Å². The molecule has 0 bridgehead atoms. The maximum atomic E-state index is 12.9. The van der Waals surface area contributed by atoms with Crippen molar-refractivity contribution in [3.8, 4) is 5.75 Å². The van der Waals surface area contributed by atoms with E-state index in [0.29, 0.717) is 12.2 Å². The lowest BCUT2D eigenvalue weighted by atomic mass is 10.1. The molecule has 2 aromatic carbocycles. The van der Waals surface area contributed by atoms with Crippen molar-refractivity contribution in [1.29, 1.82) is 0 Å². The first kappa shape index (κ1) is 19.7. The molecule has 5 heteroatoms. The minimum absolute atomic E-state index is 0.0347. The summed E-state index contributed by atoms with van der Waals surface area (Å²) in [7, 11) is 0. The van der Waals surface area contributed by atoms with Crippen molar-refractivity contribution >= 4 is 22.5 Å². The Kier molecular flexibility index (Phi) is 5.83. The van der Waals surface area contributed by atoms with Crippen LogP contribution < -0.4 is 15.2 Å². The molecular formula is C23H26N2O3. The summed E-state index contributed by atoms with van der Waals surface area (Å²) in [6.45, 7) is 8.43. The molecule has 0 saturated carbocycles. The normalized spacial score (nSPS) is 11.0. The molecule has 1 aromatic heterocycles. The Morgan fingerprint density at radius 3 is 2.46 bits per heavy atom. The van der Waals surface area contributed by atoms with Crippen molar-refractivity contribution in [2.45, 2.75) is 34.2 Å². The number of rotatable bonds is 6. The molecule has 0 aliphatic carbocycles. The number of hydrogen-bond donors (Lipinski definition) is 1. The number of benzene rings is 2. The summed E-state index contributed by atoms with van der Waals surface area (Å²) in [4.78, 5) is 30.1. The molecule has 5 nitrogen and oxygen atoms in total. The monoisotopic (exact) mass is 378 g/mol. The van der Waals surface area contributed by atoms with Gasteiger partial charge in [-0.2, -0.15) is 0 Å². The number of pyridine rings is 1. The van der Waals surface area contributed by atoms with Gasteiger partial charge in [-0.3, -0.25) is 9.59 Å². The minimum atomic E-state index is -0.186. The number of nitrogens with one attached hydrogen (secondary N) is 1. The second-order valence-electron chi connectivity index (χ2n) is 7.22. The Labute approximate surface area is 165 Å². The zero-order valence-electron chi connectivity index (χ0n) is 16.8. The number of carbonyl (C=O) groups is 1. The van der Waals surface area contributed by atoms with Crippen molar-refractivity contribution < 1.29 is 9.53 Å². The van der Waals surface area contributed by atoms with Gasteiger partial charge in [-0.25, -0.2) is 0 Å². The largest absolute Gasteiger partial charge is 0.494 e. The van der Waals surface area contributed by atoms with Crippen molar-refractivity contribution in [3.05, 3.63) is 70.0 Å². The van der Waals surface area contributed by atoms with Gasteiger partial charge >= 0.3 is 0 Å². The van der Waals surface area contributed by atoms with Crippen LogP contribution >= 0.6 is 0 Å². The van der Waals surface area contributed by atoms with Crippen LogP contribution in [0.4, 0.5) is 5.69 Å². The Hall–Kier alpha value is -3.08. The first-order valence-electron chi connectivity index (χ1n) is 9.56. The summed E-state index contributed by atoms with van der Waals surface area (Å²) >= 11 is 0. The highest BCUT2D eigenvalue weighted by Gasteiger charge is 2.21. The number of fused-ring (bicyclic) bond motifs is 1. The molecule has 0 unspecified atom stereocenters. The van der Waals surface area contributed by atoms with Crippen molar-refractivity contribution in [2.24, 2.45) is 5.92 Å². The molecule has 0 aliphatic rings. The smallest absolute Gasteiger partial charge is 0.253 e. The number of hydrogen-bond acceptors (Lipinski definition) is 3. The highest BCUT2D eigenvalue weighted by Crippen LogP contribution is 2.23. The van der Waals surface area contributed by atoms with Gasteiger partial charge in [-0.05, 0) is 61.2 Å². The number of aromatic nitrogens is 1. The molecule has 0 spiro atoms. The average molecular weight is 378 g/mol. The summed E-state index contributed by atoms with van der Waals surface area (Å²) in [6, 6.07) is 15.2. The van der Waals surface area contributed by atoms with Gasteiger partial charge in [0.1, 0.15) is 5.75 Å². The molecule has 0 aliphatic heterocycles. The highest BCUT2D eigenvalue weighted by atomic mass is 16.5. The number of H-pyrrole nitrogens is 1. The molecule has 1 amide bonds. The number of aryl methyl sites for hydroxylation is 1. The van der Waals surface area contributed by atoms with Gasteiger partial charge in [0, 0.05) is 22.7 Å². The van der Waals surface area contributed by atoms with Gasteiger partial charge in [-0.15, -0.1) is 0 Å². The molecule has 1 N–H and O–H groups in total. The molecule has 0 radical (unpaired) electrons. The van der Waals surface area contributed by atoms with Crippen molar-refractivity contribution in [2.75, 3.05) is 11.5 Å². The Morgan fingerprint density at radius 1 is 1.11 bits per heavy atom. The number of ether oxygens (including phenoxy) is 1. The molecular weight excluding hydrogens is 352 g/mol. The lowest BCUT2D eigenvalue weighted by molar-refractivity contribution is -0.121. The van der Waals surface area contributed by atoms with Crippen LogP contribution in [0.25, 0.3) is 10.9 Å². The van der Waals surface area contributed by atoms with E-state index >= 15 is 0 Å². The highest BCUT2D eigenvalue weighted by molar-refractivity contribution is 5.94. The standard InChI is InChI=1S/C23H26N2O3/c1-5-28-20-10-8-19(9-11-20)25(23(27)15(2)3)14-18-13-17-7-6-16(4)12-21(17)24-22(18)26/h6-13,15H,5,14H2,1-4H3,(H,24,26). The summed E-state index contributed by atoms with van der Waals surface area (Å²) in [5.74, 6) is 0.531. The Balaban J connectivity index is 1.99. The third-order valence-electron chi connectivity index (χ3n) is 4.63. The maximum Gasteiger partial charge on any atom is 0.253 e. The van der Waals surface area contributed by atoms with Crippen LogP contribution in [0.15, 0.2) is 53.3 Å². The van der Waals surface area contributed by atoms with E-state index in [1.165, 1.54) is 0 Å². The van der Waals surface area contributed by atoms with Crippen LogP contribution in [0.5, 0.6) is 5.75 Å². The summed E-state index contributed by atoms with van der Waals surface area (Å²) < 4.78 is 5.49. The van der Waals surface area contributed by atoms with Crippen LogP contribution in [0.3, 0.4) is 0 Å². The average Bonchev–Trinajstić information content (AvgIpc) is 2.67. The van der Waals surface area contributed by atoms with E-state index in [-0.39, 0.29) is 23.9 Å². The van der Waals surface area contributed by atoms with E-state index in [1.807, 2.05) is 76.2 Å². The zero-order valence-corrected chi connectivity index (χ0v) is 16.8. The van der Waals surface area contributed by atoms with Gasteiger partial charge in [0.05, 0.1) is 13.2 Å². The number of amides is 1. The Morgan fingerprint density at radius 2 is 1.82 bits per heavy atom. The molecule has 3 rings (SSSR count). The molecule has 28 heavy (non-hydrogen) atoms. The van der Waals surface area contributed by atoms with Gasteiger partial charge in [-0.1, -0.05) is 26.0 Å².